The first-order valence-electron chi connectivity index (χ1n) is 4.80. The van der Waals surface area contributed by atoms with Crippen LogP contribution in [-0.2, 0) is 4.74 Å². The summed E-state index contributed by atoms with van der Waals surface area (Å²) in [4.78, 5) is 0. The van der Waals surface area contributed by atoms with E-state index in [1.807, 2.05) is 35.4 Å². The molecule has 80 valence electrons. The van der Waals surface area contributed by atoms with Crippen molar-refractivity contribution in [2.24, 2.45) is 0 Å². The predicted octanol–water partition coefficient (Wildman–Crippen LogP) is 3.98. The highest BCUT2D eigenvalue weighted by Gasteiger charge is 2.49. The second kappa shape index (κ2) is 4.94. The molecule has 1 rings (SSSR count). The minimum Gasteiger partial charge on any atom is -0.379 e. The van der Waals surface area contributed by atoms with Gasteiger partial charge < -0.3 is 4.74 Å². The summed E-state index contributed by atoms with van der Waals surface area (Å²) in [5.74, 6) is 0. The Morgan fingerprint density at radius 1 is 0.923 bits per heavy atom. The van der Waals surface area contributed by atoms with Crippen molar-refractivity contribution in [1.29, 1.82) is 0 Å². The first-order valence-corrected chi connectivity index (χ1v) is 6.95. The molecule has 0 bridgehead atoms. The third-order valence-corrected chi connectivity index (χ3v) is 6.17. The average Bonchev–Trinajstić information content (AvgIpc) is 2.25. The van der Waals surface area contributed by atoms with Crippen LogP contribution in [0.2, 0.25) is 0 Å². The quantitative estimate of drug-likeness (QED) is 0.621. The Balaban J connectivity index is 0.000000671. The smallest absolute Gasteiger partial charge is 0.0870 e. The van der Waals surface area contributed by atoms with E-state index in [0.29, 0.717) is 6.10 Å². The topological polar surface area (TPSA) is 9.23 Å². The maximum Gasteiger partial charge on any atom is 0.0870 e. The van der Waals surface area contributed by atoms with Crippen molar-refractivity contribution in [3.63, 3.8) is 0 Å². The van der Waals surface area contributed by atoms with Gasteiger partial charge in [0, 0.05) is 16.6 Å². The van der Waals surface area contributed by atoms with E-state index in [2.05, 4.69) is 27.7 Å². The Morgan fingerprint density at radius 2 is 1.23 bits per heavy atom. The summed E-state index contributed by atoms with van der Waals surface area (Å²) < 4.78 is 6.01. The van der Waals surface area contributed by atoms with Gasteiger partial charge in [0.2, 0.25) is 0 Å². The fraction of sp³-hybridized carbons (Fsp3) is 1.00. The van der Waals surface area contributed by atoms with E-state index in [9.17, 15) is 0 Å². The van der Waals surface area contributed by atoms with Crippen LogP contribution in [-0.4, -0.2) is 22.7 Å². The molecule has 3 heteroatoms. The lowest BCUT2D eigenvalue weighted by Gasteiger charge is -2.30. The largest absolute Gasteiger partial charge is 0.379 e. The second-order valence-corrected chi connectivity index (χ2v) is 7.43. The third-order valence-electron chi connectivity index (χ3n) is 1.97. The summed E-state index contributed by atoms with van der Waals surface area (Å²) in [6.45, 7) is 13.0. The third kappa shape index (κ3) is 3.07. The van der Waals surface area contributed by atoms with Crippen LogP contribution in [0.4, 0.5) is 0 Å². The lowest BCUT2D eigenvalue weighted by molar-refractivity contribution is 0.0583. The molecule has 0 unspecified atom stereocenters. The van der Waals surface area contributed by atoms with Crippen molar-refractivity contribution < 1.29 is 4.74 Å². The van der Waals surface area contributed by atoms with Gasteiger partial charge in [-0.25, -0.2) is 0 Å². The van der Waals surface area contributed by atoms with Crippen molar-refractivity contribution in [1.82, 2.24) is 0 Å². The molecule has 0 spiro atoms. The Hall–Kier alpha value is 0.660. The molecule has 13 heavy (non-hydrogen) atoms. The highest BCUT2D eigenvalue weighted by molar-refractivity contribution is 8.78. The number of hydrogen-bond acceptors (Lipinski definition) is 3. The highest BCUT2D eigenvalue weighted by Crippen LogP contribution is 2.57. The molecule has 1 aliphatic heterocycles. The van der Waals surface area contributed by atoms with E-state index in [0.717, 1.165) is 0 Å². The van der Waals surface area contributed by atoms with Crippen LogP contribution in [0.5, 0.6) is 0 Å². The summed E-state index contributed by atoms with van der Waals surface area (Å²) in [5.41, 5.74) is 0. The standard InChI is InChI=1S/C8H16OS2.C2H6/c1-7(2)6(9-5)8(3,4)11-10-7;1-2/h6H,1-5H3;1-2H3. The summed E-state index contributed by atoms with van der Waals surface area (Å²) in [7, 11) is 5.67. The number of rotatable bonds is 1. The average molecular weight is 222 g/mol. The molecule has 1 nitrogen and oxygen atoms in total. The molecular weight excluding hydrogens is 200 g/mol. The van der Waals surface area contributed by atoms with Gasteiger partial charge in [-0.3, -0.25) is 0 Å². The van der Waals surface area contributed by atoms with Crippen LogP contribution < -0.4 is 0 Å². The summed E-state index contributed by atoms with van der Waals surface area (Å²) in [6, 6.07) is 0. The number of ether oxygens (including phenoxy) is 1. The molecule has 0 radical (unpaired) electrons. The van der Waals surface area contributed by atoms with Gasteiger partial charge in [0.05, 0.1) is 6.10 Å². The van der Waals surface area contributed by atoms with Crippen molar-refractivity contribution in [3.05, 3.63) is 0 Å². The van der Waals surface area contributed by atoms with Crippen LogP contribution in [0.15, 0.2) is 0 Å². The summed E-state index contributed by atoms with van der Waals surface area (Å²) in [5, 5.41) is 0. The Bertz CT molecular complexity index is 139. The zero-order valence-corrected chi connectivity index (χ0v) is 11.4. The molecule has 0 aliphatic carbocycles. The fourth-order valence-electron chi connectivity index (χ4n) is 1.71. The zero-order valence-electron chi connectivity index (χ0n) is 9.80. The van der Waals surface area contributed by atoms with Crippen molar-refractivity contribution in [2.75, 3.05) is 7.11 Å². The van der Waals surface area contributed by atoms with Crippen LogP contribution in [0.1, 0.15) is 41.5 Å². The van der Waals surface area contributed by atoms with E-state index in [1.54, 1.807) is 7.11 Å². The van der Waals surface area contributed by atoms with Gasteiger partial charge in [0.15, 0.2) is 0 Å². The number of methoxy groups -OCH3 is 1. The lowest BCUT2D eigenvalue weighted by atomic mass is 9.94. The van der Waals surface area contributed by atoms with E-state index in [1.165, 1.54) is 0 Å². The van der Waals surface area contributed by atoms with Crippen LogP contribution in [0.3, 0.4) is 0 Å². The fourth-order valence-corrected chi connectivity index (χ4v) is 4.98. The maximum absolute atomic E-state index is 5.50. The maximum atomic E-state index is 5.50. The van der Waals surface area contributed by atoms with Gasteiger partial charge in [0.1, 0.15) is 0 Å². The molecule has 1 heterocycles. The predicted molar refractivity (Wildman–Crippen MR) is 65.5 cm³/mol. The molecular formula is C10H22OS2. The zero-order chi connectivity index (χ0) is 10.7. The van der Waals surface area contributed by atoms with Crippen LogP contribution >= 0.6 is 21.6 Å². The summed E-state index contributed by atoms with van der Waals surface area (Å²) in [6.07, 6.45) is 0.352. The van der Waals surface area contributed by atoms with E-state index in [-0.39, 0.29) is 9.49 Å². The van der Waals surface area contributed by atoms with Gasteiger partial charge in [-0.1, -0.05) is 35.4 Å². The molecule has 1 fully saturated rings. The molecule has 0 atom stereocenters. The van der Waals surface area contributed by atoms with E-state index >= 15 is 0 Å². The lowest BCUT2D eigenvalue weighted by Crippen LogP contribution is -2.42. The molecule has 1 saturated heterocycles. The van der Waals surface area contributed by atoms with E-state index in [4.69, 9.17) is 4.74 Å². The van der Waals surface area contributed by atoms with Crippen LogP contribution in [0, 0.1) is 0 Å². The van der Waals surface area contributed by atoms with Crippen molar-refractivity contribution >= 4 is 21.6 Å². The van der Waals surface area contributed by atoms with Crippen LogP contribution in [0.25, 0.3) is 0 Å². The molecule has 0 aromatic carbocycles. The Morgan fingerprint density at radius 3 is 1.38 bits per heavy atom. The van der Waals surface area contributed by atoms with Gasteiger partial charge in [-0.15, -0.1) is 0 Å². The highest BCUT2D eigenvalue weighted by atomic mass is 33.1. The second-order valence-electron chi connectivity index (χ2n) is 3.99. The molecule has 0 saturated carbocycles. The number of hydrogen-bond donors (Lipinski definition) is 0. The SMILES string of the molecule is CC.COC1C(C)(C)SSC1(C)C. The Labute approximate surface area is 90.8 Å². The van der Waals surface area contributed by atoms with Gasteiger partial charge in [-0.2, -0.15) is 0 Å². The van der Waals surface area contributed by atoms with Gasteiger partial charge in [-0.05, 0) is 27.7 Å². The normalized spacial score (nSPS) is 25.2. The van der Waals surface area contributed by atoms with E-state index < -0.39 is 0 Å². The summed E-state index contributed by atoms with van der Waals surface area (Å²) >= 11 is 0. The molecule has 0 N–H and O–H groups in total. The molecule has 0 aromatic heterocycles. The van der Waals surface area contributed by atoms with Crippen molar-refractivity contribution in [3.8, 4) is 0 Å². The first-order chi connectivity index (χ1) is 5.90. The first kappa shape index (κ1) is 13.7. The minimum atomic E-state index is 0.253. The molecule has 1 aliphatic rings. The Kier molecular flexibility index (Phi) is 5.19. The monoisotopic (exact) mass is 222 g/mol. The van der Waals surface area contributed by atoms with Gasteiger partial charge in [0.25, 0.3) is 0 Å². The van der Waals surface area contributed by atoms with Gasteiger partial charge >= 0.3 is 0 Å². The minimum absolute atomic E-state index is 0.253. The molecule has 0 amide bonds. The van der Waals surface area contributed by atoms with Crippen molar-refractivity contribution in [2.45, 2.75) is 57.1 Å². The molecule has 0 aromatic rings.